The van der Waals surface area contributed by atoms with Gasteiger partial charge in [0.15, 0.2) is 15.1 Å². The largest absolute Gasteiger partial charge is 0.390 e. The van der Waals surface area contributed by atoms with Crippen molar-refractivity contribution in [3.05, 3.63) is 59.5 Å². The second-order valence-electron chi connectivity index (χ2n) is 9.56. The number of nitrogens with one attached hydrogen (secondary N) is 3. The molecule has 2 aromatic carbocycles. The molecule has 15 heteroatoms. The number of benzene rings is 2. The molecule has 216 valence electrons. The smallest absolute Gasteiger partial charge is 0.352 e. The van der Waals surface area contributed by atoms with Crippen molar-refractivity contribution in [1.29, 1.82) is 0 Å². The monoisotopic (exact) mass is 609 g/mol. The third kappa shape index (κ3) is 6.90. The molecule has 0 radical (unpaired) electrons. The lowest BCUT2D eigenvalue weighted by Gasteiger charge is -2.16. The highest BCUT2D eigenvalue weighted by molar-refractivity contribution is 7.92. The van der Waals surface area contributed by atoms with Crippen LogP contribution in [0.3, 0.4) is 0 Å². The fourth-order valence-electron chi connectivity index (χ4n) is 4.14. The molecule has 0 saturated heterocycles. The van der Waals surface area contributed by atoms with Crippen LogP contribution in [0.5, 0.6) is 0 Å². The third-order valence-corrected chi connectivity index (χ3v) is 9.48. The van der Waals surface area contributed by atoms with Gasteiger partial charge in [-0.25, -0.2) is 17.8 Å². The number of halogens is 4. The lowest BCUT2D eigenvalue weighted by molar-refractivity contribution is -0.130. The van der Waals surface area contributed by atoms with Gasteiger partial charge in [0.05, 0.1) is 34.6 Å². The van der Waals surface area contributed by atoms with Crippen molar-refractivity contribution in [2.75, 3.05) is 12.3 Å². The zero-order valence-corrected chi connectivity index (χ0v) is 22.8. The first-order chi connectivity index (χ1) is 19.4. The molecule has 2 aromatic heterocycles. The standard InChI is InChI=1S/C26H23F4N5O4S2/c27-18-12-20-21(11-17(18)14-2-1-3-15(10-14)19-6-8-32-35-19)40-25(34-20)23(41(38,39)9-7-26(28,29)30)24(37)31-13-22(36)33-16-4-5-16/h1-3,6,8,10-12,16,23H,4-5,7,9,13H2,(H,31,37)(H,32,35)(H,33,36). The van der Waals surface area contributed by atoms with E-state index in [4.69, 9.17) is 0 Å². The maximum Gasteiger partial charge on any atom is 0.390 e. The second-order valence-corrected chi connectivity index (χ2v) is 12.8. The van der Waals surface area contributed by atoms with Crippen LogP contribution in [0.4, 0.5) is 17.6 Å². The van der Waals surface area contributed by atoms with Gasteiger partial charge in [0.25, 0.3) is 0 Å². The minimum atomic E-state index is -4.78. The highest BCUT2D eigenvalue weighted by Gasteiger charge is 2.40. The molecule has 1 fully saturated rings. The van der Waals surface area contributed by atoms with Crippen LogP contribution in [-0.2, 0) is 19.4 Å². The van der Waals surface area contributed by atoms with Gasteiger partial charge in [-0.15, -0.1) is 11.3 Å². The van der Waals surface area contributed by atoms with E-state index >= 15 is 4.39 Å². The van der Waals surface area contributed by atoms with Crippen molar-refractivity contribution in [3.8, 4) is 22.4 Å². The number of amides is 2. The zero-order chi connectivity index (χ0) is 29.4. The summed E-state index contributed by atoms with van der Waals surface area (Å²) in [5, 5.41) is 9.19. The second kappa shape index (κ2) is 11.2. The van der Waals surface area contributed by atoms with Crippen molar-refractivity contribution < 1.29 is 35.6 Å². The first-order valence-corrected chi connectivity index (χ1v) is 15.0. The van der Waals surface area contributed by atoms with Gasteiger partial charge < -0.3 is 10.6 Å². The number of H-pyrrole nitrogens is 1. The van der Waals surface area contributed by atoms with E-state index in [1.54, 1.807) is 36.5 Å². The molecule has 1 atom stereocenters. The summed E-state index contributed by atoms with van der Waals surface area (Å²) >= 11 is 0.751. The van der Waals surface area contributed by atoms with Crippen LogP contribution in [0.1, 0.15) is 29.5 Å². The molecule has 1 aliphatic rings. The first kappa shape index (κ1) is 28.7. The molecule has 9 nitrogen and oxygen atoms in total. The summed E-state index contributed by atoms with van der Waals surface area (Å²) < 4.78 is 80.3. The Labute approximate surface area is 235 Å². The maximum atomic E-state index is 15.2. The molecule has 2 amide bonds. The quantitative estimate of drug-likeness (QED) is 0.230. The lowest BCUT2D eigenvalue weighted by atomic mass is 10.0. The van der Waals surface area contributed by atoms with Gasteiger partial charge in [-0.1, -0.05) is 18.2 Å². The summed E-state index contributed by atoms with van der Waals surface area (Å²) in [4.78, 5) is 29.2. The fourth-order valence-corrected chi connectivity index (χ4v) is 7.21. The summed E-state index contributed by atoms with van der Waals surface area (Å²) in [6, 6.07) is 11.1. The number of thiazole rings is 1. The van der Waals surface area contributed by atoms with Crippen molar-refractivity contribution in [2.45, 2.75) is 36.7 Å². The predicted molar refractivity (Wildman–Crippen MR) is 144 cm³/mol. The van der Waals surface area contributed by atoms with Crippen LogP contribution in [0.2, 0.25) is 0 Å². The van der Waals surface area contributed by atoms with Gasteiger partial charge in [0.2, 0.25) is 11.8 Å². The molecule has 41 heavy (non-hydrogen) atoms. The number of carbonyl (C=O) groups is 2. The van der Waals surface area contributed by atoms with Gasteiger partial charge in [0.1, 0.15) is 10.8 Å². The summed E-state index contributed by atoms with van der Waals surface area (Å²) in [6.45, 7) is -0.559. The van der Waals surface area contributed by atoms with E-state index in [1.165, 1.54) is 6.07 Å². The number of rotatable bonds is 10. The number of carbonyl (C=O) groups excluding carboxylic acids is 2. The molecule has 3 N–H and O–H groups in total. The Morgan fingerprint density at radius 3 is 2.56 bits per heavy atom. The molecule has 4 aromatic rings. The highest BCUT2D eigenvalue weighted by atomic mass is 32.2. The van der Waals surface area contributed by atoms with Crippen LogP contribution in [0, 0.1) is 5.82 Å². The molecular weight excluding hydrogens is 586 g/mol. The van der Waals surface area contributed by atoms with E-state index in [9.17, 15) is 31.2 Å². The van der Waals surface area contributed by atoms with E-state index in [1.807, 2.05) is 0 Å². The van der Waals surface area contributed by atoms with Crippen molar-refractivity contribution in [3.63, 3.8) is 0 Å². The molecule has 1 unspecified atom stereocenters. The zero-order valence-electron chi connectivity index (χ0n) is 21.2. The minimum absolute atomic E-state index is 0.0148. The van der Waals surface area contributed by atoms with E-state index in [-0.39, 0.29) is 22.1 Å². The average Bonchev–Trinajstić information content (AvgIpc) is 3.38. The molecular formula is C26H23F4N5O4S2. The third-order valence-electron chi connectivity index (χ3n) is 6.32. The summed E-state index contributed by atoms with van der Waals surface area (Å²) in [5.74, 6) is -3.78. The highest BCUT2D eigenvalue weighted by Crippen LogP contribution is 2.37. The Bertz CT molecular complexity index is 1700. The number of hydrogen-bond acceptors (Lipinski definition) is 7. The Balaban J connectivity index is 1.48. The van der Waals surface area contributed by atoms with Gasteiger partial charge in [-0.3, -0.25) is 14.7 Å². The summed E-state index contributed by atoms with van der Waals surface area (Å²) in [6.07, 6.45) is -3.24. The molecule has 1 saturated carbocycles. The number of fused-ring (bicyclic) bond motifs is 1. The topological polar surface area (TPSA) is 134 Å². The van der Waals surface area contributed by atoms with E-state index < -0.39 is 57.6 Å². The van der Waals surface area contributed by atoms with E-state index in [0.29, 0.717) is 21.5 Å². The number of aromatic amines is 1. The fraction of sp³-hybridized carbons (Fsp3) is 0.308. The molecule has 0 bridgehead atoms. The molecule has 2 heterocycles. The molecule has 5 rings (SSSR count). The van der Waals surface area contributed by atoms with Crippen LogP contribution >= 0.6 is 11.3 Å². The Hall–Kier alpha value is -3.85. The van der Waals surface area contributed by atoms with Gasteiger partial charge in [-0.2, -0.15) is 18.3 Å². The minimum Gasteiger partial charge on any atom is -0.352 e. The van der Waals surface area contributed by atoms with Crippen molar-refractivity contribution in [1.82, 2.24) is 25.8 Å². The van der Waals surface area contributed by atoms with Crippen molar-refractivity contribution in [2.24, 2.45) is 0 Å². The molecule has 0 aliphatic heterocycles. The molecule has 0 spiro atoms. The predicted octanol–water partition coefficient (Wildman–Crippen LogP) is 4.30. The number of aromatic nitrogens is 3. The van der Waals surface area contributed by atoms with Gasteiger partial charge >= 0.3 is 6.18 Å². The van der Waals surface area contributed by atoms with E-state index in [2.05, 4.69) is 25.8 Å². The Kier molecular flexibility index (Phi) is 7.83. The number of nitrogens with zero attached hydrogens (tertiary/aromatic N) is 2. The maximum absolute atomic E-state index is 15.2. The summed E-state index contributed by atoms with van der Waals surface area (Å²) in [7, 11) is -4.74. The Morgan fingerprint density at radius 1 is 1.12 bits per heavy atom. The SMILES string of the molecule is O=C(CNC(=O)C(c1nc2cc(F)c(-c3cccc(-c4cc[nH]n4)c3)cc2s1)S(=O)(=O)CCC(F)(F)F)NC1CC1. The molecule has 1 aliphatic carbocycles. The van der Waals surface area contributed by atoms with Gasteiger partial charge in [-0.05, 0) is 36.6 Å². The van der Waals surface area contributed by atoms with E-state index in [0.717, 1.165) is 30.2 Å². The van der Waals surface area contributed by atoms with Crippen LogP contribution in [0.25, 0.3) is 32.6 Å². The van der Waals surface area contributed by atoms with Crippen LogP contribution in [0.15, 0.2) is 48.7 Å². The number of hydrogen-bond donors (Lipinski definition) is 3. The van der Waals surface area contributed by atoms with Crippen LogP contribution < -0.4 is 10.6 Å². The number of sulfone groups is 1. The average molecular weight is 610 g/mol. The van der Waals surface area contributed by atoms with Gasteiger partial charge in [0, 0.05) is 29.4 Å². The first-order valence-electron chi connectivity index (χ1n) is 12.5. The normalized spacial score (nSPS) is 14.6. The lowest BCUT2D eigenvalue weighted by Crippen LogP contribution is -2.41. The summed E-state index contributed by atoms with van der Waals surface area (Å²) in [5.41, 5.74) is 2.05. The van der Waals surface area contributed by atoms with Crippen molar-refractivity contribution >= 4 is 43.2 Å². The number of alkyl halides is 3. The van der Waals surface area contributed by atoms with Crippen LogP contribution in [-0.4, -0.2) is 59.9 Å². The Morgan fingerprint density at radius 2 is 1.88 bits per heavy atom.